The summed E-state index contributed by atoms with van der Waals surface area (Å²) in [6.07, 6.45) is 0.429. The Labute approximate surface area is 147 Å². The molecule has 0 bridgehead atoms. The van der Waals surface area contributed by atoms with Gasteiger partial charge in [0, 0.05) is 24.6 Å². The van der Waals surface area contributed by atoms with Crippen molar-refractivity contribution in [3.63, 3.8) is 0 Å². The minimum absolute atomic E-state index is 0.202. The van der Waals surface area contributed by atoms with E-state index in [4.69, 9.17) is 0 Å². The molecule has 1 fully saturated rings. The van der Waals surface area contributed by atoms with Crippen molar-refractivity contribution in [2.24, 2.45) is 5.92 Å². The molecule has 2 rings (SSSR count). The Hall–Kier alpha value is -1.53. The van der Waals surface area contributed by atoms with Gasteiger partial charge in [0.25, 0.3) is 0 Å². The molecule has 0 aliphatic carbocycles. The molecule has 1 saturated heterocycles. The van der Waals surface area contributed by atoms with Crippen LogP contribution < -0.4 is 5.32 Å². The zero-order chi connectivity index (χ0) is 17.5. The predicted molar refractivity (Wildman–Crippen MR) is 97.1 cm³/mol. The first-order valence-electron chi connectivity index (χ1n) is 8.39. The van der Waals surface area contributed by atoms with E-state index < -0.39 is 18.1 Å². The third-order valence-corrected chi connectivity index (χ3v) is 5.04. The van der Waals surface area contributed by atoms with Crippen LogP contribution in [0.4, 0.5) is 0 Å². The van der Waals surface area contributed by atoms with Crippen molar-refractivity contribution in [3.8, 4) is 0 Å². The number of benzene rings is 1. The normalized spacial score (nSPS) is 18.1. The number of nitrogens with one attached hydrogen (secondary N) is 1. The Morgan fingerprint density at radius 2 is 1.83 bits per heavy atom. The lowest BCUT2D eigenvalue weighted by molar-refractivity contribution is -0.143. The molecule has 1 aromatic rings. The molecule has 1 heterocycles. The molecule has 0 saturated carbocycles. The van der Waals surface area contributed by atoms with Gasteiger partial charge >= 0.3 is 5.97 Å². The Morgan fingerprint density at radius 3 is 2.38 bits per heavy atom. The number of nitrogens with zero attached hydrogens (tertiary/aromatic N) is 1. The summed E-state index contributed by atoms with van der Waals surface area (Å²) < 4.78 is 0. The first-order valence-corrected chi connectivity index (χ1v) is 9.54. The van der Waals surface area contributed by atoms with Crippen LogP contribution in [-0.4, -0.2) is 52.5 Å². The van der Waals surface area contributed by atoms with Gasteiger partial charge < -0.3 is 10.4 Å². The number of rotatable bonds is 7. The Bertz CT molecular complexity index is 544. The Kier molecular flexibility index (Phi) is 7.12. The molecule has 0 aromatic heterocycles. The summed E-state index contributed by atoms with van der Waals surface area (Å²) in [6.45, 7) is 5.58. The molecular formula is C18H26N2O3S. The van der Waals surface area contributed by atoms with Crippen LogP contribution >= 0.6 is 11.8 Å². The first kappa shape index (κ1) is 18.8. The molecule has 2 N–H and O–H groups in total. The molecule has 5 nitrogen and oxygen atoms in total. The highest BCUT2D eigenvalue weighted by Gasteiger charge is 2.31. The van der Waals surface area contributed by atoms with E-state index in [1.54, 1.807) is 0 Å². The summed E-state index contributed by atoms with van der Waals surface area (Å²) in [7, 11) is 0. The zero-order valence-electron chi connectivity index (χ0n) is 14.3. The third-order valence-electron chi connectivity index (χ3n) is 4.10. The van der Waals surface area contributed by atoms with Crippen molar-refractivity contribution in [2.45, 2.75) is 32.4 Å². The number of amides is 1. The molecule has 0 spiro atoms. The fraction of sp³-hybridized carbons (Fsp3) is 0.556. The van der Waals surface area contributed by atoms with Crippen LogP contribution in [0.15, 0.2) is 30.3 Å². The summed E-state index contributed by atoms with van der Waals surface area (Å²) in [4.78, 5) is 26.5. The Balaban J connectivity index is 2.19. The lowest BCUT2D eigenvalue weighted by Gasteiger charge is -2.34. The Morgan fingerprint density at radius 1 is 1.21 bits per heavy atom. The number of carbonyl (C=O) groups excluding carboxylic acids is 1. The lowest BCUT2D eigenvalue weighted by Crippen LogP contribution is -2.49. The number of hydrogen-bond acceptors (Lipinski definition) is 4. The van der Waals surface area contributed by atoms with Gasteiger partial charge in [-0.05, 0) is 17.9 Å². The second-order valence-corrected chi connectivity index (χ2v) is 7.72. The number of carboxylic acids is 1. The average molecular weight is 350 g/mol. The second kappa shape index (κ2) is 9.08. The monoisotopic (exact) mass is 350 g/mol. The van der Waals surface area contributed by atoms with E-state index in [1.165, 1.54) is 0 Å². The van der Waals surface area contributed by atoms with Crippen LogP contribution in [0.25, 0.3) is 0 Å². The van der Waals surface area contributed by atoms with Crippen molar-refractivity contribution in [1.82, 2.24) is 10.2 Å². The highest BCUT2D eigenvalue weighted by molar-refractivity contribution is 7.99. The molecule has 1 aromatic carbocycles. The molecule has 1 aliphatic rings. The minimum Gasteiger partial charge on any atom is -0.480 e. The summed E-state index contributed by atoms with van der Waals surface area (Å²) in [5.74, 6) is 0.989. The number of carbonyl (C=O) groups is 2. The fourth-order valence-corrected chi connectivity index (χ4v) is 3.87. The van der Waals surface area contributed by atoms with Crippen LogP contribution in [0.5, 0.6) is 0 Å². The predicted octanol–water partition coefficient (Wildman–Crippen LogP) is 2.39. The van der Waals surface area contributed by atoms with Gasteiger partial charge in [0.1, 0.15) is 12.1 Å². The maximum atomic E-state index is 12.9. The topological polar surface area (TPSA) is 69.6 Å². The van der Waals surface area contributed by atoms with E-state index in [0.717, 1.165) is 30.2 Å². The smallest absolute Gasteiger partial charge is 0.326 e. The summed E-state index contributed by atoms with van der Waals surface area (Å²) in [5.41, 5.74) is 0.913. The maximum Gasteiger partial charge on any atom is 0.326 e. The van der Waals surface area contributed by atoms with E-state index in [-0.39, 0.29) is 11.8 Å². The molecule has 1 amide bonds. The van der Waals surface area contributed by atoms with Gasteiger partial charge in [-0.1, -0.05) is 44.2 Å². The van der Waals surface area contributed by atoms with Gasteiger partial charge in [-0.15, -0.1) is 0 Å². The highest BCUT2D eigenvalue weighted by atomic mass is 32.2. The van der Waals surface area contributed by atoms with E-state index in [0.29, 0.717) is 6.42 Å². The first-order chi connectivity index (χ1) is 11.5. The maximum absolute atomic E-state index is 12.9. The summed E-state index contributed by atoms with van der Waals surface area (Å²) >= 11 is 1.88. The average Bonchev–Trinajstić information content (AvgIpc) is 2.56. The lowest BCUT2D eigenvalue weighted by atomic mass is 10.0. The molecular weight excluding hydrogens is 324 g/mol. The summed E-state index contributed by atoms with van der Waals surface area (Å²) in [6, 6.07) is 8.34. The van der Waals surface area contributed by atoms with Crippen LogP contribution in [-0.2, 0) is 9.59 Å². The highest BCUT2D eigenvalue weighted by Crippen LogP contribution is 2.25. The largest absolute Gasteiger partial charge is 0.480 e. The van der Waals surface area contributed by atoms with Gasteiger partial charge in [-0.2, -0.15) is 11.8 Å². The van der Waals surface area contributed by atoms with E-state index in [1.807, 2.05) is 55.9 Å². The molecule has 24 heavy (non-hydrogen) atoms. The van der Waals surface area contributed by atoms with Crippen LogP contribution in [0.1, 0.15) is 31.9 Å². The number of carboxylic acid groups (broad SMARTS) is 1. The molecule has 2 atom stereocenters. The molecule has 1 aliphatic heterocycles. The fourth-order valence-electron chi connectivity index (χ4n) is 2.94. The van der Waals surface area contributed by atoms with Crippen molar-refractivity contribution < 1.29 is 14.7 Å². The second-order valence-electron chi connectivity index (χ2n) is 6.49. The van der Waals surface area contributed by atoms with E-state index in [2.05, 4.69) is 10.2 Å². The summed E-state index contributed by atoms with van der Waals surface area (Å²) in [5, 5.41) is 12.2. The number of thioether (sulfide) groups is 1. The van der Waals surface area contributed by atoms with Gasteiger partial charge in [-0.25, -0.2) is 4.79 Å². The molecule has 132 valence electrons. The van der Waals surface area contributed by atoms with Crippen molar-refractivity contribution in [2.75, 3.05) is 24.6 Å². The van der Waals surface area contributed by atoms with E-state index >= 15 is 0 Å². The van der Waals surface area contributed by atoms with Crippen molar-refractivity contribution >= 4 is 23.6 Å². The quantitative estimate of drug-likeness (QED) is 0.790. The number of aliphatic carboxylic acids is 1. The molecule has 0 radical (unpaired) electrons. The van der Waals surface area contributed by atoms with E-state index in [9.17, 15) is 14.7 Å². The van der Waals surface area contributed by atoms with Gasteiger partial charge in [0.05, 0.1) is 0 Å². The standard InChI is InChI=1S/C18H26N2O3S/c1-13(2)12-15(18(22)23)19-17(21)16(14-6-4-3-5-7-14)20-8-10-24-11-9-20/h3-7,13,15-16H,8-12H2,1-2H3,(H,19,21)(H,22,23)/t15-,16?/m1/s1. The number of hydrogen-bond donors (Lipinski definition) is 2. The van der Waals surface area contributed by atoms with Gasteiger partial charge in [0.15, 0.2) is 0 Å². The van der Waals surface area contributed by atoms with Crippen molar-refractivity contribution in [1.29, 1.82) is 0 Å². The minimum atomic E-state index is -0.974. The zero-order valence-corrected chi connectivity index (χ0v) is 15.1. The van der Waals surface area contributed by atoms with Crippen LogP contribution in [0, 0.1) is 5.92 Å². The third kappa shape index (κ3) is 5.24. The van der Waals surface area contributed by atoms with Crippen LogP contribution in [0.2, 0.25) is 0 Å². The van der Waals surface area contributed by atoms with Gasteiger partial charge in [-0.3, -0.25) is 9.69 Å². The van der Waals surface area contributed by atoms with Gasteiger partial charge in [0.2, 0.25) is 5.91 Å². The SMILES string of the molecule is CC(C)C[C@@H](NC(=O)C(c1ccccc1)N1CCSCC1)C(=O)O. The molecule has 6 heteroatoms. The molecule has 1 unspecified atom stereocenters. The van der Waals surface area contributed by atoms with Crippen LogP contribution in [0.3, 0.4) is 0 Å². The van der Waals surface area contributed by atoms with Crippen molar-refractivity contribution in [3.05, 3.63) is 35.9 Å².